The average molecular weight is 873 g/mol. The third-order valence-electron chi connectivity index (χ3n) is 12.0. The van der Waals surface area contributed by atoms with E-state index in [0.29, 0.717) is 33.6 Å². The van der Waals surface area contributed by atoms with Gasteiger partial charge in [-0.25, -0.2) is 31.0 Å². The maximum atomic E-state index is 15.5. The molecule has 316 valence electrons. The molecule has 0 bridgehead atoms. The van der Waals surface area contributed by atoms with E-state index in [9.17, 15) is 30.8 Å². The van der Waals surface area contributed by atoms with Crippen molar-refractivity contribution in [1.29, 1.82) is 0 Å². The molecule has 3 heterocycles. The van der Waals surface area contributed by atoms with Gasteiger partial charge in [-0.2, -0.15) is 19.0 Å². The zero-order chi connectivity index (χ0) is 42.4. The SMILES string of the molecule is Cn1nc(NS(C)(=O)=O)c2c(Cl)ccc(N3Cc4ccc(C5CCCCC5)cc4N=C3[C@H](Cc3cc(F)cc(F)c3)NC(=O)Cn3nc(C(F)F)c4c3C(F)(F)[C@@H]3C[C@H]43)c21. The molecule has 2 N–H and O–H groups in total. The molecule has 0 spiro atoms. The molecule has 2 saturated carbocycles. The van der Waals surface area contributed by atoms with Crippen LogP contribution in [-0.4, -0.2) is 52.0 Å². The zero-order valence-electron chi connectivity index (χ0n) is 32.3. The molecule has 2 fully saturated rings. The number of fused-ring (bicyclic) bond motifs is 5. The number of amidine groups is 1. The summed E-state index contributed by atoms with van der Waals surface area (Å²) in [5, 5.41) is 11.5. The number of amides is 1. The number of aryl methyl sites for hydroxylation is 1. The van der Waals surface area contributed by atoms with Crippen molar-refractivity contribution in [3.8, 4) is 0 Å². The number of nitrogens with one attached hydrogen (secondary N) is 2. The highest BCUT2D eigenvalue weighted by Crippen LogP contribution is 2.68. The largest absolute Gasteiger partial charge is 0.344 e. The monoisotopic (exact) mass is 872 g/mol. The maximum absolute atomic E-state index is 15.5. The fourth-order valence-corrected chi connectivity index (χ4v) is 10.1. The Kier molecular flexibility index (Phi) is 9.95. The molecular weight excluding hydrogens is 834 g/mol. The lowest BCUT2D eigenvalue weighted by molar-refractivity contribution is -0.122. The summed E-state index contributed by atoms with van der Waals surface area (Å²) in [6.45, 7) is -0.722. The zero-order valence-corrected chi connectivity index (χ0v) is 33.9. The van der Waals surface area contributed by atoms with Crippen molar-refractivity contribution < 1.29 is 39.6 Å². The van der Waals surface area contributed by atoms with E-state index in [0.717, 1.165) is 61.6 Å². The van der Waals surface area contributed by atoms with E-state index in [1.807, 2.05) is 12.1 Å². The second-order valence-electron chi connectivity index (χ2n) is 16.2. The Morgan fingerprint density at radius 2 is 1.75 bits per heavy atom. The van der Waals surface area contributed by atoms with E-state index in [2.05, 4.69) is 26.3 Å². The molecule has 1 aliphatic heterocycles. The molecule has 1 amide bonds. The van der Waals surface area contributed by atoms with Gasteiger partial charge in [-0.15, -0.1) is 0 Å². The van der Waals surface area contributed by atoms with Gasteiger partial charge in [0.05, 0.1) is 46.1 Å². The first-order chi connectivity index (χ1) is 28.5. The Balaban J connectivity index is 1.18. The minimum Gasteiger partial charge on any atom is -0.344 e. The van der Waals surface area contributed by atoms with Crippen LogP contribution >= 0.6 is 11.6 Å². The molecule has 19 heteroatoms. The van der Waals surface area contributed by atoms with Crippen LogP contribution in [0.4, 0.5) is 43.5 Å². The van der Waals surface area contributed by atoms with E-state index in [4.69, 9.17) is 16.6 Å². The Morgan fingerprint density at radius 1 is 1.02 bits per heavy atom. The highest BCUT2D eigenvalue weighted by atomic mass is 35.5. The third kappa shape index (κ3) is 7.28. The summed E-state index contributed by atoms with van der Waals surface area (Å²) in [4.78, 5) is 21.0. The Bertz CT molecular complexity index is 2690. The quantitative estimate of drug-likeness (QED) is 0.128. The van der Waals surface area contributed by atoms with Crippen LogP contribution in [0.1, 0.15) is 90.4 Å². The van der Waals surface area contributed by atoms with Crippen LogP contribution in [0.25, 0.3) is 10.9 Å². The van der Waals surface area contributed by atoms with Gasteiger partial charge in [-0.3, -0.25) is 18.9 Å². The summed E-state index contributed by atoms with van der Waals surface area (Å²) >= 11 is 6.69. The van der Waals surface area contributed by atoms with Crippen molar-refractivity contribution in [2.45, 2.75) is 88.3 Å². The number of carbonyl (C=O) groups is 1. The van der Waals surface area contributed by atoms with Crippen LogP contribution in [0, 0.1) is 17.6 Å². The van der Waals surface area contributed by atoms with Gasteiger partial charge in [-0.1, -0.05) is 43.0 Å². The molecule has 3 aromatic carbocycles. The fraction of sp³-hybridized carbons (Fsp3) is 0.415. The predicted octanol–water partition coefficient (Wildman–Crippen LogP) is 8.75. The number of anilines is 2. The van der Waals surface area contributed by atoms with Gasteiger partial charge >= 0.3 is 0 Å². The molecule has 60 heavy (non-hydrogen) atoms. The van der Waals surface area contributed by atoms with Gasteiger partial charge in [-0.05, 0) is 78.1 Å². The van der Waals surface area contributed by atoms with Gasteiger partial charge in [0, 0.05) is 31.0 Å². The molecular formula is C41H39ClF6N8O3S. The van der Waals surface area contributed by atoms with Gasteiger partial charge < -0.3 is 10.2 Å². The van der Waals surface area contributed by atoms with Crippen LogP contribution < -0.4 is 14.9 Å². The molecule has 0 unspecified atom stereocenters. The predicted molar refractivity (Wildman–Crippen MR) is 214 cm³/mol. The molecule has 3 aliphatic carbocycles. The molecule has 9 rings (SSSR count). The van der Waals surface area contributed by atoms with Crippen molar-refractivity contribution in [3.63, 3.8) is 0 Å². The topological polar surface area (TPSA) is 127 Å². The second kappa shape index (κ2) is 14.8. The van der Waals surface area contributed by atoms with Crippen LogP contribution in [0.15, 0.2) is 53.5 Å². The van der Waals surface area contributed by atoms with Crippen molar-refractivity contribution in [3.05, 3.63) is 98.8 Å². The Labute approximate surface area is 345 Å². The van der Waals surface area contributed by atoms with Crippen molar-refractivity contribution in [1.82, 2.24) is 24.9 Å². The lowest BCUT2D eigenvalue weighted by Crippen LogP contribution is -2.51. The van der Waals surface area contributed by atoms with E-state index in [-0.39, 0.29) is 52.6 Å². The van der Waals surface area contributed by atoms with Crippen molar-refractivity contribution >= 4 is 61.5 Å². The number of hydrogen-bond donors (Lipinski definition) is 2. The van der Waals surface area contributed by atoms with E-state index in [1.165, 1.54) is 4.68 Å². The first-order valence-corrected chi connectivity index (χ1v) is 21.9. The van der Waals surface area contributed by atoms with E-state index >= 15 is 8.78 Å². The number of rotatable bonds is 11. The number of nitrogens with zero attached hydrogens (tertiary/aromatic N) is 6. The number of hydrogen-bond acceptors (Lipinski definition) is 7. The van der Waals surface area contributed by atoms with Gasteiger partial charge in [0.1, 0.15) is 35.4 Å². The van der Waals surface area contributed by atoms with Crippen molar-refractivity contribution in [2.24, 2.45) is 18.0 Å². The fourth-order valence-electron chi connectivity index (χ4n) is 9.37. The summed E-state index contributed by atoms with van der Waals surface area (Å²) < 4.78 is 118. The molecule has 4 aliphatic rings. The van der Waals surface area contributed by atoms with Crippen LogP contribution in [0.5, 0.6) is 0 Å². The van der Waals surface area contributed by atoms with Crippen LogP contribution in [0.2, 0.25) is 5.02 Å². The Hall–Kier alpha value is -5.10. The summed E-state index contributed by atoms with van der Waals surface area (Å²) in [7, 11) is -2.22. The van der Waals surface area contributed by atoms with Gasteiger partial charge in [0.25, 0.3) is 12.3 Å². The normalized spacial score (nSPS) is 20.2. The smallest absolute Gasteiger partial charge is 0.293 e. The number of aromatic nitrogens is 4. The molecule has 2 aromatic heterocycles. The third-order valence-corrected chi connectivity index (χ3v) is 12.9. The van der Waals surface area contributed by atoms with Gasteiger partial charge in [0.15, 0.2) is 5.82 Å². The van der Waals surface area contributed by atoms with E-state index < -0.39 is 75.7 Å². The van der Waals surface area contributed by atoms with Crippen molar-refractivity contribution in [2.75, 3.05) is 15.9 Å². The molecule has 0 radical (unpaired) electrons. The number of halogens is 7. The van der Waals surface area contributed by atoms with Gasteiger partial charge in [0.2, 0.25) is 15.9 Å². The van der Waals surface area contributed by atoms with Crippen LogP contribution in [-0.2, 0) is 47.3 Å². The summed E-state index contributed by atoms with van der Waals surface area (Å²) in [6.07, 6.45) is 2.94. The lowest BCUT2D eigenvalue weighted by atomic mass is 9.83. The minimum absolute atomic E-state index is 0.0423. The maximum Gasteiger partial charge on any atom is 0.293 e. The molecule has 11 nitrogen and oxygen atoms in total. The summed E-state index contributed by atoms with van der Waals surface area (Å²) in [5.74, 6) is -7.62. The average Bonchev–Trinajstić information content (AvgIpc) is 3.72. The Morgan fingerprint density at radius 3 is 2.45 bits per heavy atom. The second-order valence-corrected chi connectivity index (χ2v) is 18.4. The highest BCUT2D eigenvalue weighted by molar-refractivity contribution is 7.92. The number of carbonyl (C=O) groups excluding carboxylic acids is 1. The molecule has 3 atom stereocenters. The number of benzene rings is 3. The first kappa shape index (κ1) is 40.3. The number of sulfonamides is 1. The van der Waals surface area contributed by atoms with E-state index in [1.54, 1.807) is 24.1 Å². The number of aliphatic imine (C=N–C) groups is 1. The first-order valence-electron chi connectivity index (χ1n) is 19.6. The minimum atomic E-state index is -3.81. The number of alkyl halides is 4. The summed E-state index contributed by atoms with van der Waals surface area (Å²) in [6, 6.07) is 10.9. The highest BCUT2D eigenvalue weighted by Gasteiger charge is 2.67. The summed E-state index contributed by atoms with van der Waals surface area (Å²) in [5.41, 5.74) is 1.64. The van der Waals surface area contributed by atoms with Crippen LogP contribution in [0.3, 0.4) is 0 Å². The standard InChI is InChI=1S/C41H39ClF6N8O3S/c1-54-36-31(11-10-28(42)34(36)39(52-54)53-60(2,58)59)55-18-23-9-8-22(21-6-4-3-5-7-21)15-29(23)50-40(55)30(14-20-12-24(43)16-25(44)13-20)49-32(57)19-56-37-33(35(51-56)38(45)46)26-17-27(26)41(37,47)48/h8-13,15-16,21,26-27,30,38H,3-7,14,17-19H2,1-2H3,(H,49,57)(H,52,53)/t26-,27+,30-/m0/s1. The molecule has 0 saturated heterocycles. The molecule has 5 aromatic rings. The lowest BCUT2D eigenvalue weighted by Gasteiger charge is -2.36.